The van der Waals surface area contributed by atoms with Crippen molar-refractivity contribution in [2.45, 2.75) is 18.9 Å². The number of aromatic nitrogens is 1. The van der Waals surface area contributed by atoms with Crippen LogP contribution in [0.2, 0.25) is 0 Å². The van der Waals surface area contributed by atoms with Gasteiger partial charge in [0.05, 0.1) is 13.3 Å². The summed E-state index contributed by atoms with van der Waals surface area (Å²) in [6.45, 7) is 1.68. The van der Waals surface area contributed by atoms with Crippen LogP contribution in [-0.4, -0.2) is 49.1 Å². The minimum atomic E-state index is 0.0972. The first-order valence-corrected chi connectivity index (χ1v) is 8.60. The van der Waals surface area contributed by atoms with Gasteiger partial charge < -0.3 is 15.0 Å². The molecule has 1 fully saturated rings. The molecule has 0 radical (unpaired) electrons. The zero-order chi connectivity index (χ0) is 16.2. The molecule has 1 atom stereocenters. The van der Waals surface area contributed by atoms with Crippen LogP contribution in [0.15, 0.2) is 30.5 Å². The Morgan fingerprint density at radius 2 is 2.22 bits per heavy atom. The number of nitrogens with zero attached hydrogens (tertiary/aromatic N) is 2. The number of thiazole rings is 1. The molecule has 1 aromatic carbocycles. The molecule has 6 heteroatoms. The molecular formula is C17H21N3O2S. The second-order valence-electron chi connectivity index (χ2n) is 5.61. The molecule has 5 nitrogen and oxygen atoms in total. The molecule has 23 heavy (non-hydrogen) atoms. The molecule has 0 bridgehead atoms. The monoisotopic (exact) mass is 331 g/mol. The van der Waals surface area contributed by atoms with E-state index in [2.05, 4.69) is 10.3 Å². The largest absolute Gasteiger partial charge is 0.497 e. The van der Waals surface area contributed by atoms with Crippen LogP contribution < -0.4 is 10.1 Å². The van der Waals surface area contributed by atoms with Gasteiger partial charge in [0.2, 0.25) is 0 Å². The summed E-state index contributed by atoms with van der Waals surface area (Å²) in [6, 6.07) is 8.03. The quantitative estimate of drug-likeness (QED) is 0.915. The number of amides is 1. The predicted octanol–water partition coefficient (Wildman–Crippen LogP) is 2.64. The molecule has 3 rings (SSSR count). The Hall–Kier alpha value is -1.92. The molecule has 1 aliphatic rings. The Bertz CT molecular complexity index is 669. The highest BCUT2D eigenvalue weighted by Gasteiger charge is 2.29. The van der Waals surface area contributed by atoms with Gasteiger partial charge in [0, 0.05) is 24.7 Å². The van der Waals surface area contributed by atoms with E-state index in [1.165, 1.54) is 11.3 Å². The average molecular weight is 331 g/mol. The molecule has 1 aliphatic heterocycles. The predicted molar refractivity (Wildman–Crippen MR) is 92.1 cm³/mol. The van der Waals surface area contributed by atoms with Gasteiger partial charge in [-0.3, -0.25) is 4.79 Å². The van der Waals surface area contributed by atoms with Crippen LogP contribution in [0.25, 0.3) is 10.6 Å². The van der Waals surface area contributed by atoms with Crippen molar-refractivity contribution in [1.82, 2.24) is 15.2 Å². The molecule has 1 unspecified atom stereocenters. The normalized spacial score (nSPS) is 17.5. The lowest BCUT2D eigenvalue weighted by Gasteiger charge is -2.23. The molecule has 2 heterocycles. The van der Waals surface area contributed by atoms with Gasteiger partial charge >= 0.3 is 0 Å². The van der Waals surface area contributed by atoms with Crippen LogP contribution in [0.5, 0.6) is 5.75 Å². The van der Waals surface area contributed by atoms with E-state index >= 15 is 0 Å². The van der Waals surface area contributed by atoms with E-state index in [-0.39, 0.29) is 5.91 Å². The second kappa shape index (κ2) is 7.10. The van der Waals surface area contributed by atoms with Crippen LogP contribution in [-0.2, 0) is 0 Å². The third-order valence-electron chi connectivity index (χ3n) is 4.13. The number of carbonyl (C=O) groups is 1. The number of likely N-dealkylation sites (N-methyl/N-ethyl adjacent to an activating group) is 1. The lowest BCUT2D eigenvalue weighted by atomic mass is 10.2. The molecule has 0 saturated carbocycles. The summed E-state index contributed by atoms with van der Waals surface area (Å²) in [5, 5.41) is 4.03. The van der Waals surface area contributed by atoms with Crippen molar-refractivity contribution < 1.29 is 9.53 Å². The Balaban J connectivity index is 1.76. The number of hydrogen-bond acceptors (Lipinski definition) is 5. The highest BCUT2D eigenvalue weighted by Crippen LogP contribution is 2.29. The van der Waals surface area contributed by atoms with Crippen LogP contribution in [0.1, 0.15) is 22.5 Å². The molecule has 2 aromatic rings. The first kappa shape index (κ1) is 16.0. The number of ether oxygens (including phenoxy) is 1. The number of likely N-dealkylation sites (tertiary alicyclic amines) is 1. The fourth-order valence-corrected chi connectivity index (χ4v) is 3.81. The maximum absolute atomic E-state index is 12.7. The van der Waals surface area contributed by atoms with Crippen molar-refractivity contribution in [3.63, 3.8) is 0 Å². The molecule has 1 aromatic heterocycles. The van der Waals surface area contributed by atoms with E-state index in [1.54, 1.807) is 13.3 Å². The van der Waals surface area contributed by atoms with Gasteiger partial charge in [-0.05, 0) is 44.2 Å². The number of nitrogens with one attached hydrogen (secondary N) is 1. The summed E-state index contributed by atoms with van der Waals surface area (Å²) in [7, 11) is 3.57. The Labute approximate surface area is 140 Å². The number of hydrogen-bond donors (Lipinski definition) is 1. The lowest BCUT2D eigenvalue weighted by molar-refractivity contribution is 0.0741. The SMILES string of the molecule is CNCC1CCCN1C(=O)c1cnc(-c2ccc(OC)cc2)s1. The van der Waals surface area contributed by atoms with Crippen molar-refractivity contribution in [2.75, 3.05) is 27.2 Å². The maximum Gasteiger partial charge on any atom is 0.265 e. The van der Waals surface area contributed by atoms with Gasteiger partial charge in [-0.2, -0.15) is 0 Å². The highest BCUT2D eigenvalue weighted by atomic mass is 32.1. The van der Waals surface area contributed by atoms with Gasteiger partial charge in [-0.25, -0.2) is 4.98 Å². The number of methoxy groups -OCH3 is 1. The van der Waals surface area contributed by atoms with Gasteiger partial charge in [0.15, 0.2) is 0 Å². The number of rotatable bonds is 5. The summed E-state index contributed by atoms with van der Waals surface area (Å²) < 4.78 is 5.17. The number of benzene rings is 1. The van der Waals surface area contributed by atoms with E-state index in [9.17, 15) is 4.79 Å². The molecule has 1 saturated heterocycles. The highest BCUT2D eigenvalue weighted by molar-refractivity contribution is 7.16. The van der Waals surface area contributed by atoms with Crippen molar-refractivity contribution in [3.8, 4) is 16.3 Å². The summed E-state index contributed by atoms with van der Waals surface area (Å²) in [5.41, 5.74) is 1.00. The van der Waals surface area contributed by atoms with E-state index in [0.717, 1.165) is 42.3 Å². The Morgan fingerprint density at radius 3 is 2.91 bits per heavy atom. The van der Waals surface area contributed by atoms with Crippen LogP contribution >= 0.6 is 11.3 Å². The molecular weight excluding hydrogens is 310 g/mol. The van der Waals surface area contributed by atoms with Gasteiger partial charge in [0.1, 0.15) is 15.6 Å². The first-order valence-electron chi connectivity index (χ1n) is 7.78. The molecule has 1 N–H and O–H groups in total. The Morgan fingerprint density at radius 1 is 1.43 bits per heavy atom. The summed E-state index contributed by atoms with van der Waals surface area (Å²) in [6.07, 6.45) is 3.83. The van der Waals surface area contributed by atoms with Gasteiger partial charge in [-0.15, -0.1) is 11.3 Å². The molecule has 0 spiro atoms. The number of carbonyl (C=O) groups excluding carboxylic acids is 1. The lowest BCUT2D eigenvalue weighted by Crippen LogP contribution is -2.40. The molecule has 122 valence electrons. The first-order chi connectivity index (χ1) is 11.2. The van der Waals surface area contributed by atoms with E-state index < -0.39 is 0 Å². The van der Waals surface area contributed by atoms with Crippen LogP contribution in [0.3, 0.4) is 0 Å². The van der Waals surface area contributed by atoms with Crippen LogP contribution in [0.4, 0.5) is 0 Å². The van der Waals surface area contributed by atoms with Crippen molar-refractivity contribution in [1.29, 1.82) is 0 Å². The standard InChI is InChI=1S/C17H21N3O2S/c1-18-10-13-4-3-9-20(13)17(21)15-11-19-16(23-15)12-5-7-14(22-2)8-6-12/h5-8,11,13,18H,3-4,9-10H2,1-2H3. The molecule has 1 amide bonds. The van der Waals surface area contributed by atoms with Gasteiger partial charge in [-0.1, -0.05) is 0 Å². The average Bonchev–Trinajstić information content (AvgIpc) is 3.24. The smallest absolute Gasteiger partial charge is 0.265 e. The second-order valence-corrected chi connectivity index (χ2v) is 6.64. The van der Waals surface area contributed by atoms with Crippen molar-refractivity contribution in [3.05, 3.63) is 35.3 Å². The van der Waals surface area contributed by atoms with Crippen LogP contribution in [0, 0.1) is 0 Å². The summed E-state index contributed by atoms with van der Waals surface area (Å²) >= 11 is 1.45. The summed E-state index contributed by atoms with van der Waals surface area (Å²) in [5.74, 6) is 0.911. The minimum Gasteiger partial charge on any atom is -0.497 e. The summed E-state index contributed by atoms with van der Waals surface area (Å²) in [4.78, 5) is 19.8. The minimum absolute atomic E-state index is 0.0972. The maximum atomic E-state index is 12.7. The topological polar surface area (TPSA) is 54.5 Å². The van der Waals surface area contributed by atoms with Crippen molar-refractivity contribution in [2.24, 2.45) is 0 Å². The fraction of sp³-hybridized carbons (Fsp3) is 0.412. The molecule has 0 aliphatic carbocycles. The zero-order valence-electron chi connectivity index (χ0n) is 13.4. The van der Waals surface area contributed by atoms with Crippen molar-refractivity contribution >= 4 is 17.2 Å². The third-order valence-corrected chi connectivity index (χ3v) is 5.17. The van der Waals surface area contributed by atoms with E-state index in [1.807, 2.05) is 36.2 Å². The fourth-order valence-electron chi connectivity index (χ4n) is 2.93. The Kier molecular flexibility index (Phi) is 4.93. The van der Waals surface area contributed by atoms with E-state index in [0.29, 0.717) is 10.9 Å². The van der Waals surface area contributed by atoms with Gasteiger partial charge in [0.25, 0.3) is 5.91 Å². The third kappa shape index (κ3) is 3.38. The zero-order valence-corrected chi connectivity index (χ0v) is 14.2. The van der Waals surface area contributed by atoms with E-state index in [4.69, 9.17) is 4.74 Å².